The number of hydrogen-bond acceptors (Lipinski definition) is 2. The monoisotopic (exact) mass is 242 g/mol. The largest absolute Gasteiger partial charge is 0.281 e. The van der Waals surface area contributed by atoms with Crippen LogP contribution in [0.1, 0.15) is 24.8 Å². The zero-order valence-electron chi connectivity index (χ0n) is 8.78. The highest BCUT2D eigenvalue weighted by Crippen LogP contribution is 2.20. The normalized spacial score (nSPS) is 12.4. The topological polar surface area (TPSA) is 17.1 Å². The molecule has 0 aliphatic heterocycles. The van der Waals surface area contributed by atoms with Gasteiger partial charge in [-0.25, -0.2) is 0 Å². The van der Waals surface area contributed by atoms with Crippen LogP contribution in [0.3, 0.4) is 0 Å². The Balaban J connectivity index is 2.25. The Labute approximate surface area is 100 Å². The van der Waals surface area contributed by atoms with Crippen molar-refractivity contribution in [1.82, 2.24) is 0 Å². The molecule has 0 aliphatic carbocycles. The van der Waals surface area contributed by atoms with Gasteiger partial charge in [0.1, 0.15) is 0 Å². The third-order valence-electron chi connectivity index (χ3n) is 2.18. The van der Waals surface area contributed by atoms with Gasteiger partial charge in [-0.05, 0) is 28.8 Å². The second-order valence-electron chi connectivity index (χ2n) is 3.49. The van der Waals surface area contributed by atoms with Gasteiger partial charge in [-0.15, -0.1) is 0 Å². The van der Waals surface area contributed by atoms with Crippen molar-refractivity contribution in [2.24, 2.45) is 0 Å². The molecule has 0 N–H and O–H groups in total. The summed E-state index contributed by atoms with van der Waals surface area (Å²) in [5.41, 5.74) is 1.35. The molecule has 0 amide bonds. The summed E-state index contributed by atoms with van der Waals surface area (Å²) in [5, 5.41) is -0.241. The molecule has 1 aromatic rings. The van der Waals surface area contributed by atoms with E-state index in [2.05, 4.69) is 31.2 Å². The number of benzene rings is 1. The van der Waals surface area contributed by atoms with Gasteiger partial charge in [-0.1, -0.05) is 37.3 Å². The Kier molecular flexibility index (Phi) is 5.81. The maximum atomic E-state index is 10.5. The highest BCUT2D eigenvalue weighted by atomic mass is 35.5. The fourth-order valence-electron chi connectivity index (χ4n) is 1.29. The maximum absolute atomic E-state index is 10.5. The van der Waals surface area contributed by atoms with E-state index in [1.54, 1.807) is 11.8 Å². The Morgan fingerprint density at radius 3 is 2.67 bits per heavy atom. The summed E-state index contributed by atoms with van der Waals surface area (Å²) in [4.78, 5) is 10.5. The molecule has 1 aromatic carbocycles. The SMILES string of the molecule is CC(CSCCC(=O)Cl)c1ccccc1. The summed E-state index contributed by atoms with van der Waals surface area (Å²) >= 11 is 7.04. The fourth-order valence-corrected chi connectivity index (χ4v) is 2.54. The van der Waals surface area contributed by atoms with Crippen LogP contribution in [-0.2, 0) is 4.79 Å². The van der Waals surface area contributed by atoms with Gasteiger partial charge in [0, 0.05) is 12.2 Å². The van der Waals surface area contributed by atoms with E-state index in [1.165, 1.54) is 5.56 Å². The average Bonchev–Trinajstić information content (AvgIpc) is 2.25. The van der Waals surface area contributed by atoms with Crippen LogP contribution in [0.15, 0.2) is 30.3 Å². The average molecular weight is 243 g/mol. The smallest absolute Gasteiger partial charge is 0.222 e. The number of hydrogen-bond donors (Lipinski definition) is 0. The molecule has 15 heavy (non-hydrogen) atoms. The number of halogens is 1. The second kappa shape index (κ2) is 6.91. The van der Waals surface area contributed by atoms with Crippen molar-refractivity contribution in [3.8, 4) is 0 Å². The van der Waals surface area contributed by atoms with Crippen molar-refractivity contribution in [2.45, 2.75) is 19.3 Å². The van der Waals surface area contributed by atoms with Crippen molar-refractivity contribution in [2.75, 3.05) is 11.5 Å². The minimum atomic E-state index is -0.241. The highest BCUT2D eigenvalue weighted by Gasteiger charge is 2.05. The lowest BCUT2D eigenvalue weighted by Crippen LogP contribution is -1.98. The predicted octanol–water partition coefficient (Wildman–Crippen LogP) is 3.68. The second-order valence-corrected chi connectivity index (χ2v) is 5.06. The quantitative estimate of drug-likeness (QED) is 0.559. The van der Waals surface area contributed by atoms with Crippen LogP contribution in [0.2, 0.25) is 0 Å². The van der Waals surface area contributed by atoms with Crippen LogP contribution in [0, 0.1) is 0 Å². The molecule has 3 heteroatoms. The van der Waals surface area contributed by atoms with E-state index in [4.69, 9.17) is 11.6 Å². The van der Waals surface area contributed by atoms with Crippen LogP contribution in [-0.4, -0.2) is 16.7 Å². The first-order valence-electron chi connectivity index (χ1n) is 5.01. The number of carbonyl (C=O) groups is 1. The summed E-state index contributed by atoms with van der Waals surface area (Å²) in [6.07, 6.45) is 0.466. The third kappa shape index (κ3) is 5.24. The first kappa shape index (κ1) is 12.6. The van der Waals surface area contributed by atoms with E-state index >= 15 is 0 Å². The van der Waals surface area contributed by atoms with Gasteiger partial charge in [0.25, 0.3) is 0 Å². The fraction of sp³-hybridized carbons (Fsp3) is 0.417. The van der Waals surface area contributed by atoms with Gasteiger partial charge >= 0.3 is 0 Å². The molecular weight excluding hydrogens is 228 g/mol. The van der Waals surface area contributed by atoms with Crippen molar-refractivity contribution in [3.05, 3.63) is 35.9 Å². The standard InChI is InChI=1S/C12H15ClOS/c1-10(9-15-8-7-12(13)14)11-5-3-2-4-6-11/h2-6,10H,7-9H2,1H3. The van der Waals surface area contributed by atoms with E-state index in [9.17, 15) is 4.79 Å². The van der Waals surface area contributed by atoms with Crippen LogP contribution in [0.4, 0.5) is 0 Å². The van der Waals surface area contributed by atoms with Gasteiger partial charge < -0.3 is 0 Å². The third-order valence-corrected chi connectivity index (χ3v) is 3.60. The summed E-state index contributed by atoms with van der Waals surface area (Å²) in [5.74, 6) is 2.38. The highest BCUT2D eigenvalue weighted by molar-refractivity contribution is 7.99. The molecule has 1 nitrogen and oxygen atoms in total. The van der Waals surface area contributed by atoms with Crippen LogP contribution in [0.25, 0.3) is 0 Å². The minimum absolute atomic E-state index is 0.241. The lowest BCUT2D eigenvalue weighted by molar-refractivity contribution is -0.111. The molecule has 1 unspecified atom stereocenters. The van der Waals surface area contributed by atoms with Crippen LogP contribution < -0.4 is 0 Å². The number of thioether (sulfide) groups is 1. The summed E-state index contributed by atoms with van der Waals surface area (Å²) in [6.45, 7) is 2.20. The van der Waals surface area contributed by atoms with Crippen molar-refractivity contribution in [3.63, 3.8) is 0 Å². The van der Waals surface area contributed by atoms with Gasteiger partial charge in [0.15, 0.2) is 0 Å². The lowest BCUT2D eigenvalue weighted by atomic mass is 10.0. The maximum Gasteiger partial charge on any atom is 0.222 e. The predicted molar refractivity (Wildman–Crippen MR) is 67.7 cm³/mol. The zero-order chi connectivity index (χ0) is 11.1. The van der Waals surface area contributed by atoms with Gasteiger partial charge in [0.05, 0.1) is 0 Å². The van der Waals surface area contributed by atoms with E-state index in [-0.39, 0.29) is 5.24 Å². The Hall–Kier alpha value is -0.470. The van der Waals surface area contributed by atoms with Crippen LogP contribution >= 0.6 is 23.4 Å². The molecular formula is C12H15ClOS. The van der Waals surface area contributed by atoms with Crippen LogP contribution in [0.5, 0.6) is 0 Å². The van der Waals surface area contributed by atoms with E-state index < -0.39 is 0 Å². The molecule has 1 atom stereocenters. The molecule has 0 aliphatic rings. The summed E-state index contributed by atoms with van der Waals surface area (Å²) in [7, 11) is 0. The molecule has 0 saturated carbocycles. The summed E-state index contributed by atoms with van der Waals surface area (Å²) < 4.78 is 0. The summed E-state index contributed by atoms with van der Waals surface area (Å²) in [6, 6.07) is 10.4. The first-order valence-corrected chi connectivity index (χ1v) is 6.54. The Morgan fingerprint density at radius 1 is 1.40 bits per heavy atom. The lowest BCUT2D eigenvalue weighted by Gasteiger charge is -2.10. The van der Waals surface area contributed by atoms with Gasteiger partial charge in [-0.2, -0.15) is 11.8 Å². The van der Waals surface area contributed by atoms with E-state index in [0.717, 1.165) is 11.5 Å². The Morgan fingerprint density at radius 2 is 2.07 bits per heavy atom. The van der Waals surface area contributed by atoms with Crippen molar-refractivity contribution >= 4 is 28.6 Å². The molecule has 0 fully saturated rings. The molecule has 0 spiro atoms. The molecule has 0 saturated heterocycles. The van der Waals surface area contributed by atoms with E-state index in [1.807, 2.05) is 6.07 Å². The molecule has 0 aromatic heterocycles. The van der Waals surface area contributed by atoms with E-state index in [0.29, 0.717) is 12.3 Å². The van der Waals surface area contributed by atoms with Gasteiger partial charge in [-0.3, -0.25) is 4.79 Å². The number of carbonyl (C=O) groups excluding carboxylic acids is 1. The minimum Gasteiger partial charge on any atom is -0.281 e. The van der Waals surface area contributed by atoms with Gasteiger partial charge in [0.2, 0.25) is 5.24 Å². The molecule has 82 valence electrons. The first-order chi connectivity index (χ1) is 7.20. The molecule has 0 heterocycles. The Bertz CT molecular complexity index is 300. The molecule has 0 radical (unpaired) electrons. The molecule has 1 rings (SSSR count). The molecule has 0 bridgehead atoms. The zero-order valence-corrected chi connectivity index (χ0v) is 10.4. The number of rotatable bonds is 6. The van der Waals surface area contributed by atoms with Crippen molar-refractivity contribution < 1.29 is 4.79 Å². The van der Waals surface area contributed by atoms with Crippen molar-refractivity contribution in [1.29, 1.82) is 0 Å².